The number of hydrogen-bond acceptors (Lipinski definition) is 5. The van der Waals surface area contributed by atoms with Crippen LogP contribution in [0.3, 0.4) is 0 Å². The van der Waals surface area contributed by atoms with Crippen LogP contribution in [0.2, 0.25) is 0 Å². The fourth-order valence-electron chi connectivity index (χ4n) is 2.00. The highest BCUT2D eigenvalue weighted by Gasteiger charge is 2.10. The normalized spacial score (nSPS) is 11.4. The molecule has 3 rings (SSSR count). The summed E-state index contributed by atoms with van der Waals surface area (Å²) in [7, 11) is 0. The van der Waals surface area contributed by atoms with Gasteiger partial charge in [0.1, 0.15) is 10.5 Å². The molecule has 5 nitrogen and oxygen atoms in total. The summed E-state index contributed by atoms with van der Waals surface area (Å²) >= 11 is 1.70. The highest BCUT2D eigenvalue weighted by molar-refractivity contribution is 7.11. The van der Waals surface area contributed by atoms with E-state index in [0.717, 1.165) is 22.0 Å². The van der Waals surface area contributed by atoms with Gasteiger partial charge in [-0.25, -0.2) is 14.5 Å². The minimum atomic E-state index is 0.407. The summed E-state index contributed by atoms with van der Waals surface area (Å²) < 4.78 is 1.87. The Hall–Kier alpha value is -1.95. The third kappa shape index (κ3) is 2.51. The van der Waals surface area contributed by atoms with Crippen LogP contribution in [0.1, 0.15) is 35.3 Å². The number of nitrogens with one attached hydrogen (secondary N) is 1. The lowest BCUT2D eigenvalue weighted by atomic mass is 10.1. The molecule has 20 heavy (non-hydrogen) atoms. The van der Waals surface area contributed by atoms with Gasteiger partial charge in [0.05, 0.1) is 12.2 Å². The van der Waals surface area contributed by atoms with Crippen molar-refractivity contribution in [2.75, 3.05) is 5.32 Å². The first-order valence-electron chi connectivity index (χ1n) is 6.63. The van der Waals surface area contributed by atoms with Crippen LogP contribution >= 0.6 is 11.3 Å². The Balaban J connectivity index is 1.87. The van der Waals surface area contributed by atoms with Crippen molar-refractivity contribution in [2.45, 2.75) is 33.2 Å². The van der Waals surface area contributed by atoms with E-state index in [1.165, 1.54) is 4.88 Å². The molecule has 0 amide bonds. The molecule has 0 atom stereocenters. The minimum absolute atomic E-state index is 0.407. The first-order valence-corrected chi connectivity index (χ1v) is 7.44. The van der Waals surface area contributed by atoms with Gasteiger partial charge >= 0.3 is 0 Å². The van der Waals surface area contributed by atoms with Gasteiger partial charge in [0.2, 0.25) is 0 Å². The number of anilines is 1. The van der Waals surface area contributed by atoms with E-state index in [1.807, 2.05) is 16.9 Å². The zero-order valence-corrected chi connectivity index (χ0v) is 12.6. The lowest BCUT2D eigenvalue weighted by molar-refractivity contribution is 0.787. The molecular formula is C14H17N5S. The van der Waals surface area contributed by atoms with E-state index in [2.05, 4.69) is 47.2 Å². The molecule has 0 saturated heterocycles. The average molecular weight is 287 g/mol. The van der Waals surface area contributed by atoms with Crippen LogP contribution in [0.25, 0.3) is 5.52 Å². The fourth-order valence-corrected chi connectivity index (χ4v) is 2.73. The summed E-state index contributed by atoms with van der Waals surface area (Å²) in [6, 6.07) is 2.09. The summed E-state index contributed by atoms with van der Waals surface area (Å²) in [5, 5.41) is 8.97. The maximum Gasteiger partial charge on any atom is 0.152 e. The van der Waals surface area contributed by atoms with Crippen molar-refractivity contribution in [1.82, 2.24) is 19.6 Å². The van der Waals surface area contributed by atoms with E-state index >= 15 is 0 Å². The Morgan fingerprint density at radius 1 is 1.35 bits per heavy atom. The average Bonchev–Trinajstić information content (AvgIpc) is 3.02. The van der Waals surface area contributed by atoms with Gasteiger partial charge in [0.15, 0.2) is 5.82 Å². The fraction of sp³-hybridized carbons (Fsp3) is 0.357. The van der Waals surface area contributed by atoms with Crippen LogP contribution < -0.4 is 5.32 Å². The first-order chi connectivity index (χ1) is 9.63. The molecule has 104 valence electrons. The maximum absolute atomic E-state index is 4.56. The molecule has 0 aromatic carbocycles. The molecule has 3 heterocycles. The number of rotatable bonds is 4. The molecule has 0 unspecified atom stereocenters. The van der Waals surface area contributed by atoms with Gasteiger partial charge in [-0.1, -0.05) is 13.8 Å². The number of aryl methyl sites for hydroxylation is 1. The zero-order chi connectivity index (χ0) is 14.1. The van der Waals surface area contributed by atoms with Crippen LogP contribution in [0.4, 0.5) is 5.82 Å². The minimum Gasteiger partial charge on any atom is -0.362 e. The van der Waals surface area contributed by atoms with Gasteiger partial charge in [0, 0.05) is 23.5 Å². The van der Waals surface area contributed by atoms with Crippen molar-refractivity contribution in [3.63, 3.8) is 0 Å². The van der Waals surface area contributed by atoms with E-state index in [9.17, 15) is 0 Å². The highest BCUT2D eigenvalue weighted by atomic mass is 32.1. The van der Waals surface area contributed by atoms with Crippen LogP contribution in [-0.2, 0) is 6.54 Å². The van der Waals surface area contributed by atoms with Crippen LogP contribution in [-0.4, -0.2) is 19.6 Å². The maximum atomic E-state index is 4.56. The SMILES string of the molecule is Cc1cnc(CNc2nccn3nc(C(C)C)cc23)s1. The molecule has 0 bridgehead atoms. The van der Waals surface area contributed by atoms with E-state index in [4.69, 9.17) is 0 Å². The monoisotopic (exact) mass is 287 g/mol. The zero-order valence-electron chi connectivity index (χ0n) is 11.8. The van der Waals surface area contributed by atoms with Gasteiger partial charge in [0.25, 0.3) is 0 Å². The third-order valence-electron chi connectivity index (χ3n) is 3.08. The van der Waals surface area contributed by atoms with Crippen molar-refractivity contribution >= 4 is 22.7 Å². The van der Waals surface area contributed by atoms with Gasteiger partial charge in [-0.05, 0) is 18.9 Å². The van der Waals surface area contributed by atoms with Crippen molar-refractivity contribution < 1.29 is 0 Å². The predicted molar refractivity (Wildman–Crippen MR) is 81.3 cm³/mol. The summed E-state index contributed by atoms with van der Waals surface area (Å²) in [5.74, 6) is 1.25. The van der Waals surface area contributed by atoms with Gasteiger partial charge < -0.3 is 5.32 Å². The molecule has 0 saturated carbocycles. The highest BCUT2D eigenvalue weighted by Crippen LogP contribution is 2.21. The second kappa shape index (κ2) is 5.20. The van der Waals surface area contributed by atoms with Gasteiger partial charge in [-0.2, -0.15) is 5.10 Å². The number of nitrogens with zero attached hydrogens (tertiary/aromatic N) is 4. The van der Waals surface area contributed by atoms with Crippen molar-refractivity contribution in [3.05, 3.63) is 40.2 Å². The molecule has 6 heteroatoms. The Kier molecular flexibility index (Phi) is 3.40. The standard InChI is InChI=1S/C14H17N5S/c1-9(2)11-6-12-14(15-4-5-19(12)18-11)17-8-13-16-7-10(3)20-13/h4-7,9H,8H2,1-3H3,(H,15,17). The lowest BCUT2D eigenvalue weighted by Gasteiger charge is -2.04. The molecule has 3 aromatic rings. The topological polar surface area (TPSA) is 55.1 Å². The second-order valence-corrected chi connectivity index (χ2v) is 6.37. The number of aromatic nitrogens is 4. The smallest absolute Gasteiger partial charge is 0.152 e. The largest absolute Gasteiger partial charge is 0.362 e. The molecule has 0 aliphatic carbocycles. The molecule has 3 aromatic heterocycles. The van der Waals surface area contributed by atoms with Crippen LogP contribution in [0.15, 0.2) is 24.7 Å². The van der Waals surface area contributed by atoms with E-state index in [1.54, 1.807) is 17.5 Å². The Labute approximate surface area is 121 Å². The molecule has 0 aliphatic heterocycles. The van der Waals surface area contributed by atoms with E-state index in [0.29, 0.717) is 12.5 Å². The Morgan fingerprint density at radius 2 is 2.20 bits per heavy atom. The third-order valence-corrected chi connectivity index (χ3v) is 3.99. The summed E-state index contributed by atoms with van der Waals surface area (Å²) in [6.07, 6.45) is 5.53. The first kappa shape index (κ1) is 13.1. The van der Waals surface area contributed by atoms with Gasteiger partial charge in [-0.3, -0.25) is 0 Å². The number of hydrogen-bond donors (Lipinski definition) is 1. The quantitative estimate of drug-likeness (QED) is 0.800. The van der Waals surface area contributed by atoms with Gasteiger partial charge in [-0.15, -0.1) is 11.3 Å². The Bertz CT molecular complexity index is 728. The molecule has 1 N–H and O–H groups in total. The van der Waals surface area contributed by atoms with Crippen molar-refractivity contribution in [3.8, 4) is 0 Å². The van der Waals surface area contributed by atoms with E-state index < -0.39 is 0 Å². The Morgan fingerprint density at radius 3 is 2.90 bits per heavy atom. The summed E-state index contributed by atoms with van der Waals surface area (Å²) in [4.78, 5) is 9.98. The molecule has 0 fully saturated rings. The number of fused-ring (bicyclic) bond motifs is 1. The second-order valence-electron chi connectivity index (χ2n) is 5.05. The summed E-state index contributed by atoms with van der Waals surface area (Å²) in [5.41, 5.74) is 2.08. The lowest BCUT2D eigenvalue weighted by Crippen LogP contribution is -2.03. The van der Waals surface area contributed by atoms with Crippen LogP contribution in [0, 0.1) is 6.92 Å². The van der Waals surface area contributed by atoms with Crippen LogP contribution in [0.5, 0.6) is 0 Å². The molecular weight excluding hydrogens is 270 g/mol. The van der Waals surface area contributed by atoms with Crippen molar-refractivity contribution in [2.24, 2.45) is 0 Å². The number of thiazole rings is 1. The van der Waals surface area contributed by atoms with E-state index in [-0.39, 0.29) is 0 Å². The predicted octanol–water partition coefficient (Wildman–Crippen LogP) is 3.23. The molecule has 0 radical (unpaired) electrons. The molecule has 0 spiro atoms. The summed E-state index contributed by atoms with van der Waals surface area (Å²) in [6.45, 7) is 7.03. The molecule has 0 aliphatic rings. The van der Waals surface area contributed by atoms with Crippen molar-refractivity contribution in [1.29, 1.82) is 0 Å².